The van der Waals surface area contributed by atoms with E-state index >= 15 is 0 Å². The van der Waals surface area contributed by atoms with Gasteiger partial charge in [-0.05, 0) is 25.1 Å². The first-order valence-electron chi connectivity index (χ1n) is 6.24. The molecule has 0 aliphatic rings. The van der Waals surface area contributed by atoms with E-state index in [0.717, 1.165) is 18.7 Å². The number of hydrogen-bond donors (Lipinski definition) is 1. The number of benzene rings is 1. The molecule has 1 rings (SSSR count). The Labute approximate surface area is 111 Å². The summed E-state index contributed by atoms with van der Waals surface area (Å²) in [7, 11) is 0. The first-order valence-corrected chi connectivity index (χ1v) is 6.24. The lowest BCUT2D eigenvalue weighted by Gasteiger charge is -2.12. The smallest absolute Gasteiger partial charge is 0.314 e. The molecule has 0 radical (unpaired) electrons. The Hall–Kier alpha value is -1.36. The molecule has 0 heterocycles. The molecule has 19 heavy (non-hydrogen) atoms. The summed E-state index contributed by atoms with van der Waals surface area (Å²) in [4.78, 5) is 11.7. The normalized spacial score (nSPS) is 13.3. The van der Waals surface area contributed by atoms with Crippen LogP contribution < -0.4 is 5.32 Å². The van der Waals surface area contributed by atoms with Crippen molar-refractivity contribution in [3.63, 3.8) is 0 Å². The third kappa shape index (κ3) is 5.42. The number of carbonyl (C=O) groups excluding carboxylic acids is 1. The fourth-order valence-corrected chi connectivity index (χ4v) is 1.92. The maximum Gasteiger partial charge on any atom is 0.416 e. The molecular formula is C14H18F3NO. The number of Topliss-reactive ketones (excluding diaryl/α,β-unsaturated/α-hetero) is 1. The lowest BCUT2D eigenvalue weighted by molar-refractivity contribution is -0.137. The monoisotopic (exact) mass is 273 g/mol. The predicted molar refractivity (Wildman–Crippen MR) is 67.9 cm³/mol. The van der Waals surface area contributed by atoms with Gasteiger partial charge in [-0.3, -0.25) is 4.79 Å². The second kappa shape index (κ2) is 6.70. The van der Waals surface area contributed by atoms with Crippen LogP contribution in [-0.4, -0.2) is 18.4 Å². The van der Waals surface area contributed by atoms with Crippen LogP contribution in [0.1, 0.15) is 31.4 Å². The minimum Gasteiger partial charge on any atom is -0.314 e. The van der Waals surface area contributed by atoms with Crippen LogP contribution in [0.25, 0.3) is 0 Å². The minimum absolute atomic E-state index is 0.0413. The van der Waals surface area contributed by atoms with Gasteiger partial charge in [0.1, 0.15) is 5.78 Å². The van der Waals surface area contributed by atoms with E-state index in [9.17, 15) is 18.0 Å². The van der Waals surface area contributed by atoms with Gasteiger partial charge in [0.15, 0.2) is 0 Å². The molecule has 1 unspecified atom stereocenters. The van der Waals surface area contributed by atoms with Crippen molar-refractivity contribution < 1.29 is 18.0 Å². The van der Waals surface area contributed by atoms with Crippen molar-refractivity contribution in [3.05, 3.63) is 35.4 Å². The van der Waals surface area contributed by atoms with Crippen LogP contribution >= 0.6 is 0 Å². The highest BCUT2D eigenvalue weighted by molar-refractivity contribution is 5.81. The van der Waals surface area contributed by atoms with Crippen molar-refractivity contribution in [2.24, 2.45) is 0 Å². The van der Waals surface area contributed by atoms with E-state index in [1.807, 2.05) is 13.8 Å². The van der Waals surface area contributed by atoms with Crippen LogP contribution in [0.2, 0.25) is 0 Å². The lowest BCUT2D eigenvalue weighted by Crippen LogP contribution is -2.28. The summed E-state index contributed by atoms with van der Waals surface area (Å²) in [6.45, 7) is 4.58. The van der Waals surface area contributed by atoms with Crippen LogP contribution in [0, 0.1) is 0 Å². The van der Waals surface area contributed by atoms with E-state index in [-0.39, 0.29) is 18.2 Å². The van der Waals surface area contributed by atoms with Crippen LogP contribution in [0.4, 0.5) is 13.2 Å². The Morgan fingerprint density at radius 2 is 2.05 bits per heavy atom. The summed E-state index contributed by atoms with van der Waals surface area (Å²) >= 11 is 0. The average molecular weight is 273 g/mol. The van der Waals surface area contributed by atoms with Crippen molar-refractivity contribution in [2.75, 3.05) is 6.54 Å². The molecule has 2 nitrogen and oxygen atoms in total. The number of rotatable bonds is 6. The van der Waals surface area contributed by atoms with Crippen LogP contribution in [-0.2, 0) is 17.4 Å². The summed E-state index contributed by atoms with van der Waals surface area (Å²) in [5.74, 6) is -0.0622. The van der Waals surface area contributed by atoms with Gasteiger partial charge in [0.05, 0.1) is 5.56 Å². The number of nitrogens with one attached hydrogen (secondary N) is 1. The maximum absolute atomic E-state index is 12.5. The molecule has 106 valence electrons. The van der Waals surface area contributed by atoms with E-state index in [2.05, 4.69) is 5.32 Å². The minimum atomic E-state index is -4.36. The van der Waals surface area contributed by atoms with Crippen LogP contribution in [0.3, 0.4) is 0 Å². The van der Waals surface area contributed by atoms with Gasteiger partial charge in [-0.1, -0.05) is 25.1 Å². The first kappa shape index (κ1) is 15.7. The molecule has 0 amide bonds. The zero-order chi connectivity index (χ0) is 14.5. The van der Waals surface area contributed by atoms with Crippen molar-refractivity contribution in [1.82, 2.24) is 5.32 Å². The highest BCUT2D eigenvalue weighted by Crippen LogP contribution is 2.29. The Bertz CT molecular complexity index is 429. The Morgan fingerprint density at radius 3 is 2.63 bits per heavy atom. The summed E-state index contributed by atoms with van der Waals surface area (Å²) in [5, 5.41) is 3.10. The number of alkyl halides is 3. The van der Waals surface area contributed by atoms with Gasteiger partial charge in [0.2, 0.25) is 0 Å². The number of hydrogen-bond acceptors (Lipinski definition) is 2. The highest BCUT2D eigenvalue weighted by Gasteiger charge is 2.30. The summed E-state index contributed by atoms with van der Waals surface area (Å²) < 4.78 is 37.6. The number of halogens is 3. The van der Waals surface area contributed by atoms with Crippen molar-refractivity contribution in [2.45, 2.75) is 38.9 Å². The molecule has 0 aliphatic heterocycles. The third-order valence-electron chi connectivity index (χ3n) is 2.74. The van der Waals surface area contributed by atoms with Gasteiger partial charge in [-0.25, -0.2) is 0 Å². The second-order valence-corrected chi connectivity index (χ2v) is 4.58. The molecular weight excluding hydrogens is 255 g/mol. The fourth-order valence-electron chi connectivity index (χ4n) is 1.92. The zero-order valence-electron chi connectivity index (χ0n) is 11.1. The summed E-state index contributed by atoms with van der Waals surface area (Å²) in [6.07, 6.45) is -4.00. The van der Waals surface area contributed by atoms with Crippen molar-refractivity contribution >= 4 is 5.78 Å². The zero-order valence-corrected chi connectivity index (χ0v) is 11.1. The third-order valence-corrected chi connectivity index (χ3v) is 2.74. The fraction of sp³-hybridized carbons (Fsp3) is 0.500. The summed E-state index contributed by atoms with van der Waals surface area (Å²) in [5.41, 5.74) is -0.305. The molecule has 0 aliphatic carbocycles. The molecule has 1 aromatic rings. The maximum atomic E-state index is 12.5. The molecule has 1 aromatic carbocycles. The van der Waals surface area contributed by atoms with E-state index in [1.165, 1.54) is 6.07 Å². The molecule has 0 fully saturated rings. The predicted octanol–water partition coefficient (Wildman–Crippen LogP) is 3.21. The Morgan fingerprint density at radius 1 is 1.37 bits per heavy atom. The van der Waals surface area contributed by atoms with Gasteiger partial charge < -0.3 is 5.32 Å². The topological polar surface area (TPSA) is 29.1 Å². The van der Waals surface area contributed by atoms with E-state index < -0.39 is 11.7 Å². The van der Waals surface area contributed by atoms with Gasteiger partial charge in [-0.2, -0.15) is 13.2 Å². The molecule has 5 heteroatoms. The molecule has 0 bridgehead atoms. The summed E-state index contributed by atoms with van der Waals surface area (Å²) in [6, 6.07) is 4.97. The lowest BCUT2D eigenvalue weighted by atomic mass is 10.0. The van der Waals surface area contributed by atoms with Crippen molar-refractivity contribution in [1.29, 1.82) is 0 Å². The molecule has 0 saturated heterocycles. The van der Waals surface area contributed by atoms with Gasteiger partial charge in [0.25, 0.3) is 0 Å². The van der Waals surface area contributed by atoms with Crippen molar-refractivity contribution in [3.8, 4) is 0 Å². The van der Waals surface area contributed by atoms with Crippen LogP contribution in [0.5, 0.6) is 0 Å². The second-order valence-electron chi connectivity index (χ2n) is 4.58. The van der Waals surface area contributed by atoms with Gasteiger partial charge >= 0.3 is 6.18 Å². The van der Waals surface area contributed by atoms with Gasteiger partial charge in [-0.15, -0.1) is 0 Å². The highest BCUT2D eigenvalue weighted by atomic mass is 19.4. The Balaban J connectivity index is 2.65. The molecule has 0 saturated carbocycles. The number of ketones is 1. The molecule has 1 N–H and O–H groups in total. The standard InChI is InChI=1S/C14H18F3NO/c1-3-18-10(2)7-13(19)9-11-5-4-6-12(8-11)14(15,16)17/h4-6,8,10,18H,3,7,9H2,1-2H3. The SMILES string of the molecule is CCNC(C)CC(=O)Cc1cccc(C(F)(F)F)c1. The Kier molecular flexibility index (Phi) is 5.54. The first-order chi connectivity index (χ1) is 8.82. The molecule has 0 aromatic heterocycles. The quantitative estimate of drug-likeness (QED) is 0.862. The van der Waals surface area contributed by atoms with Crippen LogP contribution in [0.15, 0.2) is 24.3 Å². The average Bonchev–Trinajstić information content (AvgIpc) is 2.28. The van der Waals surface area contributed by atoms with E-state index in [4.69, 9.17) is 0 Å². The number of carbonyl (C=O) groups is 1. The van der Waals surface area contributed by atoms with Gasteiger partial charge in [0, 0.05) is 18.9 Å². The molecule has 0 spiro atoms. The largest absolute Gasteiger partial charge is 0.416 e. The van der Waals surface area contributed by atoms with E-state index in [0.29, 0.717) is 12.0 Å². The van der Waals surface area contributed by atoms with E-state index in [1.54, 1.807) is 6.07 Å². The molecule has 1 atom stereocenters.